The number of nitriles is 1. The van der Waals surface area contributed by atoms with Gasteiger partial charge in [0.05, 0.1) is 21.8 Å². The third kappa shape index (κ3) is 4.81. The van der Waals surface area contributed by atoms with Crippen LogP contribution in [-0.4, -0.2) is 38.8 Å². The molecule has 0 saturated carbocycles. The summed E-state index contributed by atoms with van der Waals surface area (Å²) in [4.78, 5) is 15.1. The fourth-order valence-corrected chi connectivity index (χ4v) is 5.79. The number of nitrogens with zero attached hydrogens (tertiary/aromatic N) is 3. The van der Waals surface area contributed by atoms with Crippen LogP contribution in [0.1, 0.15) is 18.4 Å². The van der Waals surface area contributed by atoms with Gasteiger partial charge in [-0.25, -0.2) is 8.42 Å². The van der Waals surface area contributed by atoms with Crippen molar-refractivity contribution in [3.8, 4) is 6.07 Å². The van der Waals surface area contributed by atoms with Gasteiger partial charge in [0.1, 0.15) is 6.07 Å². The van der Waals surface area contributed by atoms with Crippen molar-refractivity contribution < 1.29 is 13.2 Å². The van der Waals surface area contributed by atoms with E-state index in [1.54, 1.807) is 12.1 Å². The zero-order chi connectivity index (χ0) is 24.1. The number of piperidine rings is 1. The minimum Gasteiger partial charge on any atom is -0.343 e. The Labute approximate surface area is 200 Å². The summed E-state index contributed by atoms with van der Waals surface area (Å²) >= 11 is 0. The number of carbonyl (C=O) groups excluding carboxylic acids is 1. The van der Waals surface area contributed by atoms with Crippen LogP contribution in [0.25, 0.3) is 0 Å². The number of nitrogens with one attached hydrogen (secondary N) is 1. The van der Waals surface area contributed by atoms with E-state index in [1.165, 1.54) is 16.4 Å². The molecule has 0 bridgehead atoms. The number of para-hydroxylation sites is 3. The molecule has 1 saturated heterocycles. The molecule has 0 spiro atoms. The van der Waals surface area contributed by atoms with Gasteiger partial charge in [0.15, 0.2) is 0 Å². The second-order valence-electron chi connectivity index (χ2n) is 8.19. The Balaban J connectivity index is 1.44. The van der Waals surface area contributed by atoms with Crippen LogP contribution in [-0.2, 0) is 14.8 Å². The standard InChI is InChI=1S/C26H26N4O3S/c1-29(22-10-3-2-4-11-22)24-13-7-6-12-23(24)28-26(31)20-15-17-30(18-16-20)34(32,33)25-14-8-5-9-21(25)19-27/h2-14,20H,15-18H2,1H3,(H,28,31). The van der Waals surface area contributed by atoms with Gasteiger partial charge >= 0.3 is 0 Å². The van der Waals surface area contributed by atoms with Gasteiger partial charge in [-0.15, -0.1) is 0 Å². The van der Waals surface area contributed by atoms with Crippen molar-refractivity contribution in [2.45, 2.75) is 17.7 Å². The van der Waals surface area contributed by atoms with Crippen molar-refractivity contribution in [2.24, 2.45) is 5.92 Å². The Morgan fingerprint density at radius 2 is 1.59 bits per heavy atom. The molecular weight excluding hydrogens is 448 g/mol. The summed E-state index contributed by atoms with van der Waals surface area (Å²) in [5, 5.41) is 12.3. The van der Waals surface area contributed by atoms with Gasteiger partial charge in [0.25, 0.3) is 0 Å². The molecule has 8 heteroatoms. The molecule has 4 rings (SSSR count). The Bertz CT molecular complexity index is 1310. The lowest BCUT2D eigenvalue weighted by Crippen LogP contribution is -2.41. The lowest BCUT2D eigenvalue weighted by atomic mass is 9.97. The van der Waals surface area contributed by atoms with E-state index < -0.39 is 10.0 Å². The number of amides is 1. The monoisotopic (exact) mass is 474 g/mol. The molecule has 174 valence electrons. The quantitative estimate of drug-likeness (QED) is 0.573. The molecule has 3 aromatic rings. The second-order valence-corrected chi connectivity index (χ2v) is 10.1. The van der Waals surface area contributed by atoms with E-state index in [-0.39, 0.29) is 35.4 Å². The molecule has 0 aliphatic carbocycles. The molecule has 1 fully saturated rings. The van der Waals surface area contributed by atoms with Gasteiger partial charge in [-0.05, 0) is 49.2 Å². The topological polar surface area (TPSA) is 93.5 Å². The zero-order valence-electron chi connectivity index (χ0n) is 18.9. The second kappa shape index (κ2) is 10.1. The van der Waals surface area contributed by atoms with Crippen LogP contribution >= 0.6 is 0 Å². The maximum Gasteiger partial charge on any atom is 0.244 e. The van der Waals surface area contributed by atoms with Crippen LogP contribution in [0.4, 0.5) is 17.1 Å². The Morgan fingerprint density at radius 1 is 0.971 bits per heavy atom. The highest BCUT2D eigenvalue weighted by atomic mass is 32.2. The van der Waals surface area contributed by atoms with Crippen LogP contribution in [0, 0.1) is 17.2 Å². The lowest BCUT2D eigenvalue weighted by Gasteiger charge is -2.31. The molecule has 1 aliphatic rings. The average molecular weight is 475 g/mol. The number of rotatable bonds is 6. The lowest BCUT2D eigenvalue weighted by molar-refractivity contribution is -0.120. The molecule has 7 nitrogen and oxygen atoms in total. The molecule has 0 unspecified atom stereocenters. The molecule has 1 heterocycles. The van der Waals surface area contributed by atoms with Gasteiger partial charge < -0.3 is 10.2 Å². The molecule has 1 N–H and O–H groups in total. The highest BCUT2D eigenvalue weighted by molar-refractivity contribution is 7.89. The summed E-state index contributed by atoms with van der Waals surface area (Å²) in [6.07, 6.45) is 0.826. The van der Waals surface area contributed by atoms with Crippen molar-refractivity contribution >= 4 is 33.0 Å². The first-order valence-electron chi connectivity index (χ1n) is 11.1. The summed E-state index contributed by atoms with van der Waals surface area (Å²) < 4.78 is 27.5. The largest absolute Gasteiger partial charge is 0.343 e. The van der Waals surface area contributed by atoms with Gasteiger partial charge in [-0.3, -0.25) is 4.79 Å². The number of sulfonamides is 1. The molecule has 34 heavy (non-hydrogen) atoms. The van der Waals surface area contributed by atoms with Crippen LogP contribution in [0.3, 0.4) is 0 Å². The van der Waals surface area contributed by atoms with E-state index in [2.05, 4.69) is 5.32 Å². The molecule has 1 amide bonds. The van der Waals surface area contributed by atoms with Crippen molar-refractivity contribution in [3.05, 3.63) is 84.4 Å². The van der Waals surface area contributed by atoms with Crippen molar-refractivity contribution in [1.29, 1.82) is 5.26 Å². The van der Waals surface area contributed by atoms with Gasteiger partial charge in [0.2, 0.25) is 15.9 Å². The van der Waals surface area contributed by atoms with Gasteiger partial charge in [-0.1, -0.05) is 42.5 Å². The zero-order valence-corrected chi connectivity index (χ0v) is 19.7. The Morgan fingerprint density at radius 3 is 2.29 bits per heavy atom. The average Bonchev–Trinajstić information content (AvgIpc) is 2.89. The van der Waals surface area contributed by atoms with E-state index in [0.29, 0.717) is 18.5 Å². The molecule has 3 aromatic carbocycles. The third-order valence-electron chi connectivity index (χ3n) is 6.12. The SMILES string of the molecule is CN(c1ccccc1)c1ccccc1NC(=O)C1CCN(S(=O)(=O)c2ccccc2C#N)CC1. The summed E-state index contributed by atoms with van der Waals surface area (Å²) in [7, 11) is -1.84. The summed E-state index contributed by atoms with van der Waals surface area (Å²) in [5.41, 5.74) is 2.70. The third-order valence-corrected chi connectivity index (χ3v) is 8.07. The van der Waals surface area contributed by atoms with Crippen LogP contribution in [0.2, 0.25) is 0 Å². The number of hydrogen-bond acceptors (Lipinski definition) is 5. The van der Waals surface area contributed by atoms with Crippen LogP contribution < -0.4 is 10.2 Å². The maximum atomic E-state index is 13.1. The maximum absolute atomic E-state index is 13.1. The van der Waals surface area contributed by atoms with E-state index >= 15 is 0 Å². The normalized spacial score (nSPS) is 14.8. The first-order valence-corrected chi connectivity index (χ1v) is 12.5. The number of benzene rings is 3. The van der Waals surface area contributed by atoms with Crippen molar-refractivity contribution in [1.82, 2.24) is 4.31 Å². The molecule has 0 aromatic heterocycles. The molecular formula is C26H26N4O3S. The highest BCUT2D eigenvalue weighted by Gasteiger charge is 2.33. The predicted octanol–water partition coefficient (Wildman–Crippen LogP) is 4.37. The van der Waals surface area contributed by atoms with Crippen LogP contribution in [0.15, 0.2) is 83.8 Å². The first-order chi connectivity index (χ1) is 16.4. The number of anilines is 3. The minimum atomic E-state index is -3.79. The Kier molecular flexibility index (Phi) is 6.96. The van der Waals surface area contributed by atoms with E-state index in [1.807, 2.05) is 72.6 Å². The molecule has 0 radical (unpaired) electrons. The Hall–Kier alpha value is -3.67. The van der Waals surface area contributed by atoms with Gasteiger partial charge in [-0.2, -0.15) is 9.57 Å². The fourth-order valence-electron chi connectivity index (χ4n) is 4.18. The van der Waals surface area contributed by atoms with Crippen LogP contribution in [0.5, 0.6) is 0 Å². The smallest absolute Gasteiger partial charge is 0.244 e. The summed E-state index contributed by atoms with van der Waals surface area (Å²) in [5.74, 6) is -0.420. The highest BCUT2D eigenvalue weighted by Crippen LogP contribution is 2.32. The van der Waals surface area contributed by atoms with E-state index in [9.17, 15) is 18.5 Å². The summed E-state index contributed by atoms with van der Waals surface area (Å²) in [6, 6.07) is 25.6. The van der Waals surface area contributed by atoms with Crippen molar-refractivity contribution in [2.75, 3.05) is 30.4 Å². The van der Waals surface area contributed by atoms with E-state index in [4.69, 9.17) is 0 Å². The number of hydrogen-bond donors (Lipinski definition) is 1. The number of carbonyl (C=O) groups is 1. The predicted molar refractivity (Wildman–Crippen MR) is 132 cm³/mol. The molecule has 1 aliphatic heterocycles. The first kappa shape index (κ1) is 23.5. The fraction of sp³-hybridized carbons (Fsp3) is 0.231. The minimum absolute atomic E-state index is 0.0123. The van der Waals surface area contributed by atoms with Crippen molar-refractivity contribution in [3.63, 3.8) is 0 Å². The van der Waals surface area contributed by atoms with E-state index in [0.717, 1.165) is 11.4 Å². The molecule has 0 atom stereocenters. The summed E-state index contributed by atoms with van der Waals surface area (Å²) in [6.45, 7) is 0.456. The van der Waals surface area contributed by atoms with Gasteiger partial charge in [0, 0.05) is 31.7 Å².